The number of fused-ring (bicyclic) bond motifs is 1. The molecule has 0 spiro atoms. The number of nitrogens with one attached hydrogen (secondary N) is 1. The second kappa shape index (κ2) is 6.13. The number of carbonyl (C=O) groups excluding carboxylic acids is 1. The van der Waals surface area contributed by atoms with E-state index in [1.54, 1.807) is 0 Å². The number of hydrogen-bond acceptors (Lipinski definition) is 3. The van der Waals surface area contributed by atoms with Crippen LogP contribution in [0.2, 0.25) is 0 Å². The highest BCUT2D eigenvalue weighted by molar-refractivity contribution is 5.74. The van der Waals surface area contributed by atoms with Gasteiger partial charge in [0, 0.05) is 26.1 Å². The van der Waals surface area contributed by atoms with E-state index in [9.17, 15) is 4.79 Å². The molecule has 0 bridgehead atoms. The zero-order valence-electron chi connectivity index (χ0n) is 13.3. The van der Waals surface area contributed by atoms with Crippen LogP contribution in [-0.4, -0.2) is 49.6 Å². The van der Waals surface area contributed by atoms with Gasteiger partial charge in [-0.2, -0.15) is 0 Å². The first-order valence-electron chi connectivity index (χ1n) is 8.36. The molecule has 0 aromatic heterocycles. The van der Waals surface area contributed by atoms with Crippen LogP contribution >= 0.6 is 0 Å². The molecule has 1 N–H and O–H groups in total. The normalized spacial score (nSPS) is 32.2. The molecule has 2 heterocycles. The first-order valence-corrected chi connectivity index (χ1v) is 8.36. The van der Waals surface area contributed by atoms with E-state index in [0.29, 0.717) is 25.7 Å². The van der Waals surface area contributed by atoms with Gasteiger partial charge in [0.15, 0.2) is 5.79 Å². The maximum Gasteiger partial charge on any atom is 0.317 e. The fraction of sp³-hybridized carbons (Fsp3) is 0.938. The van der Waals surface area contributed by atoms with Gasteiger partial charge >= 0.3 is 6.03 Å². The van der Waals surface area contributed by atoms with Gasteiger partial charge in [0.1, 0.15) is 0 Å². The summed E-state index contributed by atoms with van der Waals surface area (Å²) in [5.41, 5.74) is 0. The van der Waals surface area contributed by atoms with E-state index in [1.807, 2.05) is 11.8 Å². The Morgan fingerprint density at radius 2 is 1.90 bits per heavy atom. The topological polar surface area (TPSA) is 50.8 Å². The highest BCUT2D eigenvalue weighted by Crippen LogP contribution is 2.37. The van der Waals surface area contributed by atoms with Gasteiger partial charge in [0.05, 0.1) is 13.2 Å². The Labute approximate surface area is 127 Å². The molecule has 3 aliphatic rings. The van der Waals surface area contributed by atoms with Crippen LogP contribution in [0.3, 0.4) is 0 Å². The van der Waals surface area contributed by atoms with Crippen molar-refractivity contribution >= 4 is 6.03 Å². The molecule has 0 unspecified atom stereocenters. The zero-order chi connectivity index (χ0) is 14.9. The Hall–Kier alpha value is -0.810. The van der Waals surface area contributed by atoms with E-state index in [1.165, 1.54) is 19.3 Å². The Kier molecular flexibility index (Phi) is 4.41. The predicted octanol–water partition coefficient (Wildman–Crippen LogP) is 2.22. The van der Waals surface area contributed by atoms with Crippen molar-refractivity contribution in [1.82, 2.24) is 10.2 Å². The van der Waals surface area contributed by atoms with Crippen LogP contribution in [0.1, 0.15) is 39.5 Å². The number of carbonyl (C=O) groups is 1. The summed E-state index contributed by atoms with van der Waals surface area (Å²) in [6.07, 6.45) is 4.77. The van der Waals surface area contributed by atoms with Crippen molar-refractivity contribution in [2.24, 2.45) is 17.8 Å². The quantitative estimate of drug-likeness (QED) is 0.865. The molecule has 2 aliphatic heterocycles. The third kappa shape index (κ3) is 3.51. The van der Waals surface area contributed by atoms with E-state index in [0.717, 1.165) is 31.3 Å². The monoisotopic (exact) mass is 296 g/mol. The molecule has 1 saturated carbocycles. The molecule has 3 rings (SSSR count). The van der Waals surface area contributed by atoms with Crippen molar-refractivity contribution in [3.8, 4) is 0 Å². The average molecular weight is 296 g/mol. The maximum absolute atomic E-state index is 12.3. The minimum Gasteiger partial charge on any atom is -0.348 e. The number of nitrogens with zero attached hydrogens (tertiary/aromatic N) is 1. The van der Waals surface area contributed by atoms with Crippen molar-refractivity contribution in [1.29, 1.82) is 0 Å². The largest absolute Gasteiger partial charge is 0.348 e. The van der Waals surface area contributed by atoms with Crippen LogP contribution in [0.25, 0.3) is 0 Å². The van der Waals surface area contributed by atoms with Gasteiger partial charge in [-0.05, 0) is 37.5 Å². The van der Waals surface area contributed by atoms with Crippen molar-refractivity contribution in [2.45, 2.75) is 45.3 Å². The summed E-state index contributed by atoms with van der Waals surface area (Å²) in [5, 5.41) is 3.08. The molecule has 0 aromatic carbocycles. The summed E-state index contributed by atoms with van der Waals surface area (Å²) in [5.74, 6) is 1.40. The lowest BCUT2D eigenvalue weighted by atomic mass is 10.0. The lowest BCUT2D eigenvalue weighted by Gasteiger charge is -2.26. The van der Waals surface area contributed by atoms with Gasteiger partial charge in [-0.1, -0.05) is 13.3 Å². The highest BCUT2D eigenvalue weighted by Gasteiger charge is 2.38. The summed E-state index contributed by atoms with van der Waals surface area (Å²) < 4.78 is 11.2. The van der Waals surface area contributed by atoms with Crippen molar-refractivity contribution in [3.63, 3.8) is 0 Å². The van der Waals surface area contributed by atoms with E-state index < -0.39 is 5.79 Å². The standard InChI is InChI=1S/C16H28N2O3/c1-12(8-16(2)20-6-7-21-16)9-17-15(19)18-10-13-4-3-5-14(13)11-18/h12-14H,3-11H2,1-2H3,(H,17,19)/t12-,13-,14+/m0/s1. The van der Waals surface area contributed by atoms with Crippen LogP contribution in [0, 0.1) is 17.8 Å². The van der Waals surface area contributed by atoms with Crippen LogP contribution in [0.4, 0.5) is 4.79 Å². The number of ether oxygens (including phenoxy) is 2. The minimum absolute atomic E-state index is 0.106. The first kappa shape index (κ1) is 15.1. The molecule has 2 amide bonds. The molecule has 1 aliphatic carbocycles. The number of amides is 2. The van der Waals surface area contributed by atoms with Gasteiger partial charge in [0.2, 0.25) is 0 Å². The van der Waals surface area contributed by atoms with Crippen molar-refractivity contribution in [3.05, 3.63) is 0 Å². The lowest BCUT2D eigenvalue weighted by Crippen LogP contribution is -2.41. The van der Waals surface area contributed by atoms with Crippen LogP contribution in [0.5, 0.6) is 0 Å². The molecule has 5 nitrogen and oxygen atoms in total. The van der Waals surface area contributed by atoms with Crippen LogP contribution < -0.4 is 5.32 Å². The summed E-state index contributed by atoms with van der Waals surface area (Å²) in [7, 11) is 0. The van der Waals surface area contributed by atoms with E-state index in [-0.39, 0.29) is 6.03 Å². The molecule has 2 saturated heterocycles. The number of rotatable bonds is 4. The summed E-state index contributed by atoms with van der Waals surface area (Å²) in [6, 6.07) is 0.106. The molecule has 5 heteroatoms. The molecular weight excluding hydrogens is 268 g/mol. The number of urea groups is 1. The molecule has 0 aromatic rings. The van der Waals surface area contributed by atoms with Gasteiger partial charge in [-0.3, -0.25) is 0 Å². The third-order valence-electron chi connectivity index (χ3n) is 5.23. The van der Waals surface area contributed by atoms with Crippen LogP contribution in [-0.2, 0) is 9.47 Å². The Bertz CT molecular complexity index is 370. The first-order chi connectivity index (χ1) is 10.1. The number of likely N-dealkylation sites (tertiary alicyclic amines) is 1. The minimum atomic E-state index is -0.463. The van der Waals surface area contributed by atoms with Crippen molar-refractivity contribution in [2.75, 3.05) is 32.8 Å². The Balaban J connectivity index is 1.39. The van der Waals surface area contributed by atoms with Gasteiger partial charge < -0.3 is 19.7 Å². The highest BCUT2D eigenvalue weighted by atomic mass is 16.7. The molecule has 21 heavy (non-hydrogen) atoms. The molecule has 120 valence electrons. The second-order valence-electron chi connectivity index (χ2n) is 7.18. The smallest absolute Gasteiger partial charge is 0.317 e. The zero-order valence-corrected chi connectivity index (χ0v) is 13.3. The molecular formula is C16H28N2O3. The molecule has 3 atom stereocenters. The second-order valence-corrected chi connectivity index (χ2v) is 7.18. The van der Waals surface area contributed by atoms with Gasteiger partial charge in [-0.15, -0.1) is 0 Å². The lowest BCUT2D eigenvalue weighted by molar-refractivity contribution is -0.153. The summed E-state index contributed by atoms with van der Waals surface area (Å²) in [6.45, 7) is 8.06. The SMILES string of the molecule is C[C@H](CNC(=O)N1C[C@H]2CCC[C@H]2C1)CC1(C)OCCO1. The Morgan fingerprint density at radius 1 is 1.29 bits per heavy atom. The molecule has 0 radical (unpaired) electrons. The van der Waals surface area contributed by atoms with Gasteiger partial charge in [0.25, 0.3) is 0 Å². The predicted molar refractivity (Wildman–Crippen MR) is 79.9 cm³/mol. The summed E-state index contributed by atoms with van der Waals surface area (Å²) in [4.78, 5) is 14.3. The maximum atomic E-state index is 12.3. The average Bonchev–Trinajstić information content (AvgIpc) is 3.11. The van der Waals surface area contributed by atoms with Gasteiger partial charge in [-0.25, -0.2) is 4.79 Å². The van der Waals surface area contributed by atoms with E-state index >= 15 is 0 Å². The Morgan fingerprint density at radius 3 is 2.52 bits per heavy atom. The van der Waals surface area contributed by atoms with E-state index in [2.05, 4.69) is 12.2 Å². The third-order valence-corrected chi connectivity index (χ3v) is 5.23. The fourth-order valence-corrected chi connectivity index (χ4v) is 4.15. The molecule has 3 fully saturated rings. The fourth-order valence-electron chi connectivity index (χ4n) is 4.15. The van der Waals surface area contributed by atoms with Crippen LogP contribution in [0.15, 0.2) is 0 Å². The summed E-state index contributed by atoms with van der Waals surface area (Å²) >= 11 is 0. The van der Waals surface area contributed by atoms with Crippen molar-refractivity contribution < 1.29 is 14.3 Å². The number of hydrogen-bond donors (Lipinski definition) is 1. The van der Waals surface area contributed by atoms with E-state index in [4.69, 9.17) is 9.47 Å².